The molecule has 0 aromatic heterocycles. The Labute approximate surface area is 140 Å². The summed E-state index contributed by atoms with van der Waals surface area (Å²) in [6, 6.07) is 24.1. The zero-order valence-electron chi connectivity index (χ0n) is 11.1. The number of halogens is 2. The minimum atomic E-state index is 0.807. The van der Waals surface area contributed by atoms with Gasteiger partial charge in [-0.2, -0.15) is 0 Å². The second-order valence-corrected chi connectivity index (χ2v) is 6.17. The normalized spacial score (nSPS) is 10.4. The van der Waals surface area contributed by atoms with Gasteiger partial charge in [0.25, 0.3) is 0 Å². The highest BCUT2D eigenvalue weighted by Crippen LogP contribution is 2.42. The highest BCUT2D eigenvalue weighted by Gasteiger charge is 2.14. The molecule has 0 amide bonds. The Morgan fingerprint density at radius 1 is 0.667 bits per heavy atom. The lowest BCUT2D eigenvalue weighted by molar-refractivity contribution is 0.481. The molecule has 0 aliphatic heterocycles. The van der Waals surface area contributed by atoms with Crippen LogP contribution in [-0.2, 0) is 0 Å². The molecule has 0 spiro atoms. The lowest BCUT2D eigenvalue weighted by atomic mass is 10.0. The van der Waals surface area contributed by atoms with Crippen LogP contribution >= 0.6 is 31.9 Å². The van der Waals surface area contributed by atoms with E-state index in [1.165, 1.54) is 0 Å². The van der Waals surface area contributed by atoms with Crippen LogP contribution in [0, 0.1) is 0 Å². The SMILES string of the molecule is Brc1ccc(-c2ccccc2)c(Oc2ccccc2)c1Br. The van der Waals surface area contributed by atoms with Gasteiger partial charge in [0.15, 0.2) is 5.75 Å². The molecule has 0 atom stereocenters. The van der Waals surface area contributed by atoms with Crippen molar-refractivity contribution < 1.29 is 4.74 Å². The molecule has 3 rings (SSSR count). The first-order valence-corrected chi connectivity index (χ1v) is 8.10. The van der Waals surface area contributed by atoms with Gasteiger partial charge in [0.05, 0.1) is 4.47 Å². The van der Waals surface area contributed by atoms with Crippen molar-refractivity contribution in [2.24, 2.45) is 0 Å². The van der Waals surface area contributed by atoms with Gasteiger partial charge in [-0.3, -0.25) is 0 Å². The lowest BCUT2D eigenvalue weighted by Gasteiger charge is -2.14. The molecule has 0 unspecified atom stereocenters. The zero-order valence-corrected chi connectivity index (χ0v) is 14.3. The van der Waals surface area contributed by atoms with Gasteiger partial charge >= 0.3 is 0 Å². The summed E-state index contributed by atoms with van der Waals surface area (Å²) < 4.78 is 7.97. The Balaban J connectivity index is 2.11. The Bertz CT molecular complexity index is 740. The molecule has 0 saturated heterocycles. The molecule has 21 heavy (non-hydrogen) atoms. The Hall–Kier alpha value is -1.58. The van der Waals surface area contributed by atoms with Crippen LogP contribution in [0.3, 0.4) is 0 Å². The second kappa shape index (κ2) is 6.46. The van der Waals surface area contributed by atoms with Crippen molar-refractivity contribution in [2.75, 3.05) is 0 Å². The van der Waals surface area contributed by atoms with Crippen molar-refractivity contribution in [3.63, 3.8) is 0 Å². The molecular formula is C18H12Br2O. The third-order valence-corrected chi connectivity index (χ3v) is 5.08. The smallest absolute Gasteiger partial charge is 0.150 e. The first kappa shape index (κ1) is 14.4. The van der Waals surface area contributed by atoms with Crippen molar-refractivity contribution in [2.45, 2.75) is 0 Å². The number of hydrogen-bond donors (Lipinski definition) is 0. The monoisotopic (exact) mass is 402 g/mol. The predicted octanol–water partition coefficient (Wildman–Crippen LogP) is 6.67. The molecule has 0 heterocycles. The van der Waals surface area contributed by atoms with E-state index in [2.05, 4.69) is 50.1 Å². The first-order valence-electron chi connectivity index (χ1n) is 6.52. The zero-order chi connectivity index (χ0) is 14.7. The maximum Gasteiger partial charge on any atom is 0.150 e. The third-order valence-electron chi connectivity index (χ3n) is 3.10. The van der Waals surface area contributed by atoms with Gasteiger partial charge in [0.2, 0.25) is 0 Å². The minimum Gasteiger partial charge on any atom is -0.455 e. The van der Waals surface area contributed by atoms with Crippen LogP contribution in [0.1, 0.15) is 0 Å². The largest absolute Gasteiger partial charge is 0.455 e. The number of rotatable bonds is 3. The summed E-state index contributed by atoms with van der Waals surface area (Å²) in [7, 11) is 0. The maximum atomic E-state index is 6.10. The summed E-state index contributed by atoms with van der Waals surface area (Å²) in [6.07, 6.45) is 0. The summed E-state index contributed by atoms with van der Waals surface area (Å²) >= 11 is 7.15. The molecule has 104 valence electrons. The van der Waals surface area contributed by atoms with Crippen LogP contribution < -0.4 is 4.74 Å². The number of para-hydroxylation sites is 1. The molecule has 3 aromatic rings. The molecule has 0 radical (unpaired) electrons. The molecule has 0 bridgehead atoms. The quantitative estimate of drug-likeness (QED) is 0.474. The molecule has 0 fully saturated rings. The fourth-order valence-corrected chi connectivity index (χ4v) is 2.82. The molecule has 0 aliphatic rings. The number of benzene rings is 3. The first-order chi connectivity index (χ1) is 10.3. The van der Waals surface area contributed by atoms with Gasteiger partial charge < -0.3 is 4.74 Å². The van der Waals surface area contributed by atoms with E-state index in [1.54, 1.807) is 0 Å². The van der Waals surface area contributed by atoms with Crippen LogP contribution in [0.5, 0.6) is 11.5 Å². The van der Waals surface area contributed by atoms with Crippen LogP contribution in [0.2, 0.25) is 0 Å². The predicted molar refractivity (Wildman–Crippen MR) is 93.8 cm³/mol. The minimum absolute atomic E-state index is 0.807. The van der Waals surface area contributed by atoms with Gasteiger partial charge in [0.1, 0.15) is 5.75 Å². The molecule has 0 aliphatic carbocycles. The van der Waals surface area contributed by atoms with E-state index in [0.29, 0.717) is 0 Å². The van der Waals surface area contributed by atoms with Crippen molar-refractivity contribution in [1.29, 1.82) is 0 Å². The van der Waals surface area contributed by atoms with E-state index in [4.69, 9.17) is 4.74 Å². The topological polar surface area (TPSA) is 9.23 Å². The third kappa shape index (κ3) is 3.20. The second-order valence-electron chi connectivity index (χ2n) is 4.52. The van der Waals surface area contributed by atoms with E-state index in [1.807, 2.05) is 54.6 Å². The summed E-state index contributed by atoms with van der Waals surface area (Å²) in [5.74, 6) is 1.62. The fraction of sp³-hybridized carbons (Fsp3) is 0. The molecule has 0 saturated carbocycles. The van der Waals surface area contributed by atoms with E-state index in [9.17, 15) is 0 Å². The van der Waals surface area contributed by atoms with Crippen LogP contribution in [0.15, 0.2) is 81.7 Å². The highest BCUT2D eigenvalue weighted by molar-refractivity contribution is 9.13. The average molecular weight is 404 g/mol. The Kier molecular flexibility index (Phi) is 4.42. The molecule has 0 N–H and O–H groups in total. The van der Waals surface area contributed by atoms with Crippen LogP contribution in [0.4, 0.5) is 0 Å². The van der Waals surface area contributed by atoms with Gasteiger partial charge in [-0.15, -0.1) is 0 Å². The summed E-state index contributed by atoms with van der Waals surface area (Å²) in [5.41, 5.74) is 2.17. The van der Waals surface area contributed by atoms with Gasteiger partial charge in [-0.05, 0) is 61.7 Å². The molecular weight excluding hydrogens is 392 g/mol. The van der Waals surface area contributed by atoms with Crippen LogP contribution in [0.25, 0.3) is 11.1 Å². The van der Waals surface area contributed by atoms with Crippen molar-refractivity contribution in [3.05, 3.63) is 81.7 Å². The molecule has 3 aromatic carbocycles. The van der Waals surface area contributed by atoms with E-state index < -0.39 is 0 Å². The Morgan fingerprint density at radius 3 is 1.95 bits per heavy atom. The summed E-state index contributed by atoms with van der Waals surface area (Å²) in [4.78, 5) is 0. The summed E-state index contributed by atoms with van der Waals surface area (Å²) in [5, 5.41) is 0. The molecule has 3 heteroatoms. The summed E-state index contributed by atoms with van der Waals surface area (Å²) in [6.45, 7) is 0. The van der Waals surface area contributed by atoms with Gasteiger partial charge in [-0.25, -0.2) is 0 Å². The standard InChI is InChI=1S/C18H12Br2O/c19-16-12-11-15(13-7-3-1-4-8-13)18(17(16)20)21-14-9-5-2-6-10-14/h1-12H. The number of ether oxygens (including phenoxy) is 1. The van der Waals surface area contributed by atoms with E-state index in [0.717, 1.165) is 31.6 Å². The van der Waals surface area contributed by atoms with E-state index >= 15 is 0 Å². The van der Waals surface area contributed by atoms with Crippen molar-refractivity contribution in [3.8, 4) is 22.6 Å². The van der Waals surface area contributed by atoms with E-state index in [-0.39, 0.29) is 0 Å². The Morgan fingerprint density at radius 2 is 1.29 bits per heavy atom. The lowest BCUT2D eigenvalue weighted by Crippen LogP contribution is -1.90. The number of hydrogen-bond acceptors (Lipinski definition) is 1. The van der Waals surface area contributed by atoms with Crippen molar-refractivity contribution in [1.82, 2.24) is 0 Å². The molecule has 1 nitrogen and oxygen atoms in total. The van der Waals surface area contributed by atoms with Gasteiger partial charge in [-0.1, -0.05) is 48.5 Å². The van der Waals surface area contributed by atoms with Gasteiger partial charge in [0, 0.05) is 10.0 Å². The maximum absolute atomic E-state index is 6.10. The fourth-order valence-electron chi connectivity index (χ4n) is 2.08. The average Bonchev–Trinajstić information content (AvgIpc) is 2.54. The highest BCUT2D eigenvalue weighted by atomic mass is 79.9. The van der Waals surface area contributed by atoms with Crippen molar-refractivity contribution >= 4 is 31.9 Å². The van der Waals surface area contributed by atoms with Crippen LogP contribution in [-0.4, -0.2) is 0 Å².